The lowest BCUT2D eigenvalue weighted by molar-refractivity contribution is 0.0563. The molecule has 0 aromatic carbocycles. The first-order valence-corrected chi connectivity index (χ1v) is 5.53. The molecule has 17 heavy (non-hydrogen) atoms. The van der Waals surface area contributed by atoms with Crippen molar-refractivity contribution in [3.8, 4) is 0 Å². The Morgan fingerprint density at radius 3 is 2.94 bits per heavy atom. The van der Waals surface area contributed by atoms with Crippen LogP contribution in [0.2, 0.25) is 0 Å². The molecule has 1 aromatic heterocycles. The highest BCUT2D eigenvalue weighted by Gasteiger charge is 2.15. The largest absolute Gasteiger partial charge is 0.463 e. The van der Waals surface area contributed by atoms with Crippen LogP contribution in [0.3, 0.4) is 0 Å². The standard InChI is InChI=1S/C12H19NO4/c1-9(8-15-2)6-13-7-10-4-5-17-11(10)12(14)16-3/h4-5,9,13H,6-8H2,1-3H3. The molecule has 0 saturated heterocycles. The Morgan fingerprint density at radius 2 is 2.29 bits per heavy atom. The Hall–Kier alpha value is -1.33. The van der Waals surface area contributed by atoms with Crippen LogP contribution >= 0.6 is 0 Å². The number of esters is 1. The van der Waals surface area contributed by atoms with Crippen molar-refractivity contribution in [3.05, 3.63) is 23.7 Å². The van der Waals surface area contributed by atoms with E-state index < -0.39 is 5.97 Å². The number of rotatable bonds is 7. The van der Waals surface area contributed by atoms with Crippen LogP contribution in [0.1, 0.15) is 23.0 Å². The van der Waals surface area contributed by atoms with Crippen LogP contribution in [0, 0.1) is 5.92 Å². The van der Waals surface area contributed by atoms with Crippen molar-refractivity contribution in [1.29, 1.82) is 0 Å². The SMILES string of the molecule is COCC(C)CNCc1ccoc1C(=O)OC. The lowest BCUT2D eigenvalue weighted by atomic mass is 10.2. The summed E-state index contributed by atoms with van der Waals surface area (Å²) in [6.45, 7) is 4.20. The molecule has 96 valence electrons. The van der Waals surface area contributed by atoms with Crippen LogP contribution in [-0.4, -0.2) is 33.3 Å². The van der Waals surface area contributed by atoms with Gasteiger partial charge < -0.3 is 19.2 Å². The first-order valence-electron chi connectivity index (χ1n) is 5.53. The van der Waals surface area contributed by atoms with Crippen LogP contribution in [-0.2, 0) is 16.0 Å². The molecule has 0 saturated carbocycles. The summed E-state index contributed by atoms with van der Waals surface area (Å²) in [7, 11) is 3.02. The predicted molar refractivity (Wildman–Crippen MR) is 62.8 cm³/mol. The highest BCUT2D eigenvalue weighted by Crippen LogP contribution is 2.11. The van der Waals surface area contributed by atoms with E-state index in [9.17, 15) is 4.79 Å². The lowest BCUT2D eigenvalue weighted by Crippen LogP contribution is -2.24. The van der Waals surface area contributed by atoms with Crippen molar-refractivity contribution in [1.82, 2.24) is 5.32 Å². The normalized spacial score (nSPS) is 12.4. The maximum Gasteiger partial charge on any atom is 0.374 e. The Morgan fingerprint density at radius 1 is 1.53 bits per heavy atom. The zero-order valence-corrected chi connectivity index (χ0v) is 10.5. The van der Waals surface area contributed by atoms with E-state index in [0.717, 1.165) is 12.1 Å². The molecule has 1 N–H and O–H groups in total. The molecule has 5 heteroatoms. The molecule has 1 atom stereocenters. The predicted octanol–water partition coefficient (Wildman–Crippen LogP) is 1.44. The zero-order chi connectivity index (χ0) is 12.7. The van der Waals surface area contributed by atoms with Gasteiger partial charge in [-0.25, -0.2) is 4.79 Å². The minimum Gasteiger partial charge on any atom is -0.463 e. The van der Waals surface area contributed by atoms with E-state index >= 15 is 0 Å². The van der Waals surface area contributed by atoms with E-state index in [1.807, 2.05) is 0 Å². The lowest BCUT2D eigenvalue weighted by Gasteiger charge is -2.11. The van der Waals surface area contributed by atoms with Crippen molar-refractivity contribution < 1.29 is 18.7 Å². The number of nitrogens with one attached hydrogen (secondary N) is 1. The van der Waals surface area contributed by atoms with Gasteiger partial charge in [-0.15, -0.1) is 0 Å². The molecular weight excluding hydrogens is 222 g/mol. The van der Waals surface area contributed by atoms with Crippen molar-refractivity contribution in [3.63, 3.8) is 0 Å². The third-order valence-corrected chi connectivity index (χ3v) is 2.38. The molecule has 0 amide bonds. The number of carbonyl (C=O) groups is 1. The molecule has 5 nitrogen and oxygen atoms in total. The summed E-state index contributed by atoms with van der Waals surface area (Å²) in [5.74, 6) is 0.240. The van der Waals surface area contributed by atoms with Crippen molar-refractivity contribution >= 4 is 5.97 Å². The van der Waals surface area contributed by atoms with Crippen LogP contribution in [0.15, 0.2) is 16.7 Å². The molecule has 1 aromatic rings. The molecule has 0 bridgehead atoms. The van der Waals surface area contributed by atoms with E-state index in [4.69, 9.17) is 9.15 Å². The summed E-state index contributed by atoms with van der Waals surface area (Å²) in [4.78, 5) is 11.3. The number of hydrogen-bond acceptors (Lipinski definition) is 5. The van der Waals surface area contributed by atoms with Gasteiger partial charge in [-0.3, -0.25) is 0 Å². The molecule has 1 heterocycles. The highest BCUT2D eigenvalue weighted by molar-refractivity contribution is 5.87. The summed E-state index contributed by atoms with van der Waals surface area (Å²) in [5.41, 5.74) is 0.807. The van der Waals surface area contributed by atoms with E-state index in [1.54, 1.807) is 13.2 Å². The van der Waals surface area contributed by atoms with E-state index in [1.165, 1.54) is 13.4 Å². The molecular formula is C12H19NO4. The molecule has 1 rings (SSSR count). The first-order chi connectivity index (χ1) is 8.19. The number of hydrogen-bond donors (Lipinski definition) is 1. The van der Waals surface area contributed by atoms with E-state index in [0.29, 0.717) is 19.1 Å². The molecule has 0 radical (unpaired) electrons. The number of furan rings is 1. The smallest absolute Gasteiger partial charge is 0.374 e. The summed E-state index contributed by atoms with van der Waals surface area (Å²) in [5, 5.41) is 3.24. The second-order valence-electron chi connectivity index (χ2n) is 3.96. The van der Waals surface area contributed by atoms with Gasteiger partial charge in [-0.1, -0.05) is 6.92 Å². The fourth-order valence-corrected chi connectivity index (χ4v) is 1.54. The monoisotopic (exact) mass is 241 g/mol. The molecule has 0 aliphatic rings. The highest BCUT2D eigenvalue weighted by atomic mass is 16.5. The van der Waals surface area contributed by atoms with Crippen LogP contribution < -0.4 is 5.32 Å². The summed E-state index contributed by atoms with van der Waals surface area (Å²) >= 11 is 0. The van der Waals surface area contributed by atoms with Gasteiger partial charge in [0, 0.05) is 32.4 Å². The number of ether oxygens (including phenoxy) is 2. The van der Waals surface area contributed by atoms with Crippen molar-refractivity contribution in [2.45, 2.75) is 13.5 Å². The Labute approximate surface area is 101 Å². The second-order valence-corrected chi connectivity index (χ2v) is 3.96. The van der Waals surface area contributed by atoms with Crippen molar-refractivity contribution in [2.24, 2.45) is 5.92 Å². The second kappa shape index (κ2) is 7.09. The van der Waals surface area contributed by atoms with Gasteiger partial charge in [-0.2, -0.15) is 0 Å². The van der Waals surface area contributed by atoms with E-state index in [-0.39, 0.29) is 5.76 Å². The van der Waals surface area contributed by atoms with Gasteiger partial charge in [-0.05, 0) is 12.0 Å². The van der Waals surface area contributed by atoms with Gasteiger partial charge >= 0.3 is 5.97 Å². The summed E-state index contributed by atoms with van der Waals surface area (Å²) in [6.07, 6.45) is 1.49. The minimum absolute atomic E-state index is 0.263. The van der Waals surface area contributed by atoms with E-state index in [2.05, 4.69) is 17.0 Å². The Kier molecular flexibility index (Phi) is 5.72. The third kappa shape index (κ3) is 4.20. The minimum atomic E-state index is -0.447. The van der Waals surface area contributed by atoms with Crippen LogP contribution in [0.5, 0.6) is 0 Å². The zero-order valence-electron chi connectivity index (χ0n) is 10.5. The molecule has 0 fully saturated rings. The average Bonchev–Trinajstić information content (AvgIpc) is 2.77. The molecule has 0 aliphatic carbocycles. The van der Waals surface area contributed by atoms with Gasteiger partial charge in [0.1, 0.15) is 0 Å². The number of methoxy groups -OCH3 is 2. The Balaban J connectivity index is 2.41. The molecule has 1 unspecified atom stereocenters. The topological polar surface area (TPSA) is 60.7 Å². The van der Waals surface area contributed by atoms with Gasteiger partial charge in [0.15, 0.2) is 0 Å². The molecule has 0 spiro atoms. The summed E-state index contributed by atoms with van der Waals surface area (Å²) in [6, 6.07) is 1.76. The van der Waals surface area contributed by atoms with Crippen LogP contribution in [0.25, 0.3) is 0 Å². The quantitative estimate of drug-likeness (QED) is 0.732. The van der Waals surface area contributed by atoms with Gasteiger partial charge in [0.2, 0.25) is 5.76 Å². The van der Waals surface area contributed by atoms with Crippen molar-refractivity contribution in [2.75, 3.05) is 27.4 Å². The maximum absolute atomic E-state index is 11.3. The first kappa shape index (κ1) is 13.7. The fraction of sp³-hybridized carbons (Fsp3) is 0.583. The van der Waals surface area contributed by atoms with Crippen LogP contribution in [0.4, 0.5) is 0 Å². The third-order valence-electron chi connectivity index (χ3n) is 2.38. The van der Waals surface area contributed by atoms with Gasteiger partial charge in [0.05, 0.1) is 13.4 Å². The average molecular weight is 241 g/mol. The summed E-state index contributed by atoms with van der Waals surface area (Å²) < 4.78 is 14.7. The Bertz CT molecular complexity index is 348. The number of carbonyl (C=O) groups excluding carboxylic acids is 1. The molecule has 0 aliphatic heterocycles. The fourth-order valence-electron chi connectivity index (χ4n) is 1.54. The van der Waals surface area contributed by atoms with Gasteiger partial charge in [0.25, 0.3) is 0 Å². The maximum atomic E-state index is 11.3.